The summed E-state index contributed by atoms with van der Waals surface area (Å²) in [4.78, 5) is 19.0. The van der Waals surface area contributed by atoms with E-state index in [1.54, 1.807) is 0 Å². The average molecular weight is 350 g/mol. The number of aromatic nitrogens is 1. The van der Waals surface area contributed by atoms with Crippen molar-refractivity contribution in [2.24, 2.45) is 0 Å². The summed E-state index contributed by atoms with van der Waals surface area (Å²) in [7, 11) is 0. The van der Waals surface area contributed by atoms with Gasteiger partial charge in [-0.15, -0.1) is 0 Å². The first-order valence-electron chi connectivity index (χ1n) is 9.47. The second-order valence-corrected chi connectivity index (χ2v) is 7.50. The standard InChI is InChI=1S/C21H26N4O/c26-20-14-21(24-19-5-2-1-4-18(19)15-23-20)8-3-12-25(13-9-21)16-17-6-10-22-11-7-17/h1-2,4-7,10-11,24H,3,8-9,12-16H2,(H,23,26)/t21-/m1/s1. The van der Waals surface area contributed by atoms with Crippen LogP contribution in [0, 0.1) is 0 Å². The highest BCUT2D eigenvalue weighted by Crippen LogP contribution is 2.33. The molecule has 0 bridgehead atoms. The van der Waals surface area contributed by atoms with E-state index in [0.717, 1.165) is 50.1 Å². The Morgan fingerprint density at radius 2 is 1.92 bits per heavy atom. The lowest BCUT2D eigenvalue weighted by molar-refractivity contribution is -0.122. The quantitative estimate of drug-likeness (QED) is 0.874. The molecule has 1 fully saturated rings. The summed E-state index contributed by atoms with van der Waals surface area (Å²) in [6.07, 6.45) is 7.33. The molecule has 4 rings (SSSR count). The number of nitrogens with zero attached hydrogens (tertiary/aromatic N) is 2. The molecular formula is C21H26N4O. The Bertz CT molecular complexity index is 764. The minimum absolute atomic E-state index is 0.148. The lowest BCUT2D eigenvalue weighted by atomic mass is 9.85. The molecule has 1 spiro atoms. The molecular weight excluding hydrogens is 324 g/mol. The van der Waals surface area contributed by atoms with Gasteiger partial charge < -0.3 is 10.6 Å². The van der Waals surface area contributed by atoms with Gasteiger partial charge in [-0.1, -0.05) is 18.2 Å². The molecule has 1 atom stereocenters. The van der Waals surface area contributed by atoms with E-state index in [-0.39, 0.29) is 11.4 Å². The zero-order chi connectivity index (χ0) is 17.8. The van der Waals surface area contributed by atoms with Gasteiger partial charge >= 0.3 is 0 Å². The zero-order valence-electron chi connectivity index (χ0n) is 15.1. The monoisotopic (exact) mass is 350 g/mol. The van der Waals surface area contributed by atoms with Crippen molar-refractivity contribution in [3.8, 4) is 0 Å². The van der Waals surface area contributed by atoms with Gasteiger partial charge in [-0.3, -0.25) is 14.7 Å². The molecule has 1 saturated heterocycles. The van der Waals surface area contributed by atoms with Crippen LogP contribution in [0.3, 0.4) is 0 Å². The van der Waals surface area contributed by atoms with Crippen LogP contribution >= 0.6 is 0 Å². The Hall–Kier alpha value is -2.40. The predicted molar refractivity (Wildman–Crippen MR) is 103 cm³/mol. The highest BCUT2D eigenvalue weighted by Gasteiger charge is 2.36. The first kappa shape index (κ1) is 17.0. The van der Waals surface area contributed by atoms with Crippen LogP contribution in [0.2, 0.25) is 0 Å². The summed E-state index contributed by atoms with van der Waals surface area (Å²) in [6.45, 7) is 3.60. The van der Waals surface area contributed by atoms with Crippen LogP contribution in [0.15, 0.2) is 48.8 Å². The fourth-order valence-electron chi connectivity index (χ4n) is 4.15. The van der Waals surface area contributed by atoms with E-state index >= 15 is 0 Å². The van der Waals surface area contributed by atoms with Crippen LogP contribution in [0.4, 0.5) is 5.69 Å². The number of para-hydroxylation sites is 1. The Labute approximate surface area is 154 Å². The van der Waals surface area contributed by atoms with Crippen molar-refractivity contribution < 1.29 is 4.79 Å². The van der Waals surface area contributed by atoms with Crippen molar-refractivity contribution in [3.63, 3.8) is 0 Å². The fourth-order valence-corrected chi connectivity index (χ4v) is 4.15. The van der Waals surface area contributed by atoms with Crippen LogP contribution in [0.1, 0.15) is 36.8 Å². The minimum Gasteiger partial charge on any atom is -0.379 e. The van der Waals surface area contributed by atoms with Crippen molar-refractivity contribution in [1.82, 2.24) is 15.2 Å². The summed E-state index contributed by atoms with van der Waals surface area (Å²) < 4.78 is 0. The molecule has 0 radical (unpaired) electrons. The van der Waals surface area contributed by atoms with Gasteiger partial charge in [-0.05, 0) is 55.1 Å². The van der Waals surface area contributed by atoms with Gasteiger partial charge in [0.25, 0.3) is 0 Å². The third kappa shape index (κ3) is 3.88. The minimum atomic E-state index is -0.159. The van der Waals surface area contributed by atoms with Gasteiger partial charge in [-0.2, -0.15) is 0 Å². The molecule has 1 aromatic heterocycles. The number of anilines is 1. The Kier molecular flexibility index (Phi) is 4.89. The van der Waals surface area contributed by atoms with E-state index in [1.807, 2.05) is 18.5 Å². The van der Waals surface area contributed by atoms with Crippen LogP contribution in [0.25, 0.3) is 0 Å². The van der Waals surface area contributed by atoms with Crippen molar-refractivity contribution in [2.75, 3.05) is 18.4 Å². The number of nitrogens with one attached hydrogen (secondary N) is 2. The summed E-state index contributed by atoms with van der Waals surface area (Å²) in [5.41, 5.74) is 3.46. The van der Waals surface area contributed by atoms with Crippen molar-refractivity contribution in [3.05, 3.63) is 59.9 Å². The highest BCUT2D eigenvalue weighted by atomic mass is 16.1. The number of carbonyl (C=O) groups excluding carboxylic acids is 1. The molecule has 3 heterocycles. The lowest BCUT2D eigenvalue weighted by Crippen LogP contribution is -2.46. The van der Waals surface area contributed by atoms with Gasteiger partial charge in [0.2, 0.25) is 5.91 Å². The lowest BCUT2D eigenvalue weighted by Gasteiger charge is -2.37. The Morgan fingerprint density at radius 3 is 2.81 bits per heavy atom. The number of likely N-dealkylation sites (tertiary alicyclic amines) is 1. The number of fused-ring (bicyclic) bond motifs is 1. The third-order valence-corrected chi connectivity index (χ3v) is 5.58. The maximum absolute atomic E-state index is 12.4. The van der Waals surface area contributed by atoms with Crippen LogP contribution in [-0.4, -0.2) is 34.4 Å². The number of hydrogen-bond acceptors (Lipinski definition) is 4. The zero-order valence-corrected chi connectivity index (χ0v) is 15.1. The van der Waals surface area contributed by atoms with Crippen molar-refractivity contribution in [1.29, 1.82) is 0 Å². The molecule has 1 amide bonds. The molecule has 26 heavy (non-hydrogen) atoms. The molecule has 5 nitrogen and oxygen atoms in total. The van der Waals surface area contributed by atoms with Gasteiger partial charge in [0.05, 0.1) is 0 Å². The van der Waals surface area contributed by atoms with E-state index in [4.69, 9.17) is 0 Å². The van der Waals surface area contributed by atoms with E-state index < -0.39 is 0 Å². The first-order valence-corrected chi connectivity index (χ1v) is 9.47. The molecule has 0 unspecified atom stereocenters. The summed E-state index contributed by atoms with van der Waals surface area (Å²) in [5.74, 6) is 0.148. The number of pyridine rings is 1. The summed E-state index contributed by atoms with van der Waals surface area (Å²) >= 11 is 0. The second-order valence-electron chi connectivity index (χ2n) is 7.50. The van der Waals surface area contributed by atoms with Gasteiger partial charge in [0.1, 0.15) is 0 Å². The van der Waals surface area contributed by atoms with Crippen molar-refractivity contribution >= 4 is 11.6 Å². The summed E-state index contributed by atoms with van der Waals surface area (Å²) in [6, 6.07) is 12.5. The molecule has 2 aromatic rings. The highest BCUT2D eigenvalue weighted by molar-refractivity contribution is 5.79. The van der Waals surface area contributed by atoms with E-state index in [1.165, 1.54) is 5.56 Å². The molecule has 0 aliphatic carbocycles. The summed E-state index contributed by atoms with van der Waals surface area (Å²) in [5, 5.41) is 6.86. The largest absolute Gasteiger partial charge is 0.379 e. The maximum atomic E-state index is 12.4. The number of hydrogen-bond donors (Lipinski definition) is 2. The normalized spacial score (nSPS) is 23.9. The fraction of sp³-hybridized carbons (Fsp3) is 0.429. The Balaban J connectivity index is 1.51. The van der Waals surface area contributed by atoms with Gasteiger partial charge in [0.15, 0.2) is 0 Å². The number of amides is 1. The molecule has 1 aromatic carbocycles. The molecule has 2 aliphatic heterocycles. The topological polar surface area (TPSA) is 57.3 Å². The van der Waals surface area contributed by atoms with Crippen LogP contribution in [0.5, 0.6) is 0 Å². The van der Waals surface area contributed by atoms with E-state index in [2.05, 4.69) is 50.8 Å². The maximum Gasteiger partial charge on any atom is 0.222 e. The number of carbonyl (C=O) groups is 1. The van der Waals surface area contributed by atoms with E-state index in [0.29, 0.717) is 13.0 Å². The molecule has 2 aliphatic rings. The molecule has 0 saturated carbocycles. The average Bonchev–Trinajstić information content (AvgIpc) is 2.83. The Morgan fingerprint density at radius 1 is 1.08 bits per heavy atom. The number of rotatable bonds is 2. The van der Waals surface area contributed by atoms with Crippen LogP contribution < -0.4 is 10.6 Å². The molecule has 5 heteroatoms. The smallest absolute Gasteiger partial charge is 0.222 e. The van der Waals surface area contributed by atoms with Gasteiger partial charge in [-0.25, -0.2) is 0 Å². The van der Waals surface area contributed by atoms with E-state index in [9.17, 15) is 4.79 Å². The predicted octanol–water partition coefficient (Wildman–Crippen LogP) is 2.94. The number of benzene rings is 1. The van der Waals surface area contributed by atoms with Crippen LogP contribution in [-0.2, 0) is 17.9 Å². The second kappa shape index (κ2) is 7.46. The third-order valence-electron chi connectivity index (χ3n) is 5.58. The van der Waals surface area contributed by atoms with Gasteiger partial charge in [0, 0.05) is 49.7 Å². The SMILES string of the molecule is O=C1C[C@]2(CCCN(Cc3ccncc3)CC2)Nc2ccccc2CN1. The molecule has 136 valence electrons. The first-order chi connectivity index (χ1) is 12.7. The van der Waals surface area contributed by atoms with Crippen molar-refractivity contribution in [2.45, 2.75) is 44.3 Å². The molecule has 2 N–H and O–H groups in total.